The number of hydrogen-bond acceptors (Lipinski definition) is 4. The third-order valence-corrected chi connectivity index (χ3v) is 6.93. The maximum absolute atomic E-state index is 13.0. The molecule has 148 valence electrons. The standard InChI is InChI=1S/C22H25ClN2O3/c1-11-20(13(3)25-28-22(11)27)16-6-7-19(23)18(10-16)21(26)24-12(2)17-9-14-4-5-15(17)8-14/h6-7,10,12,14-15,17H,4-5,8-9H2,1-3H3,(H,24,26)/t12-,14-,15-,17-/m1/s1. The third kappa shape index (κ3) is 3.37. The van der Waals surface area contributed by atoms with Gasteiger partial charge in [0.15, 0.2) is 0 Å². The molecule has 4 atom stereocenters. The number of nitrogens with one attached hydrogen (secondary N) is 1. The number of halogens is 1. The Morgan fingerprint density at radius 1 is 1.29 bits per heavy atom. The van der Waals surface area contributed by atoms with Gasteiger partial charge >= 0.3 is 5.63 Å². The maximum atomic E-state index is 13.0. The molecule has 2 aromatic rings. The molecule has 0 unspecified atom stereocenters. The fourth-order valence-electron chi connectivity index (χ4n) is 5.18. The minimum Gasteiger partial charge on any atom is -0.349 e. The number of amides is 1. The van der Waals surface area contributed by atoms with Gasteiger partial charge in [-0.3, -0.25) is 4.79 Å². The monoisotopic (exact) mass is 400 g/mol. The number of rotatable bonds is 4. The molecule has 0 saturated heterocycles. The summed E-state index contributed by atoms with van der Waals surface area (Å²) in [4.78, 5) is 24.8. The van der Waals surface area contributed by atoms with Crippen molar-refractivity contribution < 1.29 is 9.32 Å². The zero-order valence-electron chi connectivity index (χ0n) is 16.4. The van der Waals surface area contributed by atoms with E-state index in [4.69, 9.17) is 16.1 Å². The lowest BCUT2D eigenvalue weighted by molar-refractivity contribution is 0.0915. The highest BCUT2D eigenvalue weighted by Gasteiger charge is 2.42. The van der Waals surface area contributed by atoms with Crippen molar-refractivity contribution in [3.8, 4) is 11.1 Å². The van der Waals surface area contributed by atoms with Crippen LogP contribution in [0.25, 0.3) is 11.1 Å². The van der Waals surface area contributed by atoms with Crippen molar-refractivity contribution >= 4 is 17.5 Å². The van der Waals surface area contributed by atoms with Crippen LogP contribution in [0.5, 0.6) is 0 Å². The second kappa shape index (κ2) is 7.36. The number of fused-ring (bicyclic) bond motifs is 2. The van der Waals surface area contributed by atoms with E-state index in [0.717, 1.165) is 17.4 Å². The number of hydrogen-bond donors (Lipinski definition) is 1. The molecule has 2 bridgehead atoms. The van der Waals surface area contributed by atoms with Crippen molar-refractivity contribution in [3.05, 3.63) is 50.5 Å². The fraction of sp³-hybridized carbons (Fsp3) is 0.500. The lowest BCUT2D eigenvalue weighted by Crippen LogP contribution is -2.40. The van der Waals surface area contributed by atoms with Gasteiger partial charge in [0.1, 0.15) is 0 Å². The topological polar surface area (TPSA) is 72.2 Å². The summed E-state index contributed by atoms with van der Waals surface area (Å²) in [6.07, 6.45) is 5.15. The molecule has 6 heteroatoms. The molecule has 2 aliphatic carbocycles. The van der Waals surface area contributed by atoms with Crippen molar-refractivity contribution in [2.45, 2.75) is 52.5 Å². The Labute approximate surface area is 169 Å². The number of carbonyl (C=O) groups is 1. The Balaban J connectivity index is 1.60. The molecular formula is C22H25ClN2O3. The normalized spacial score (nSPS) is 24.4. The van der Waals surface area contributed by atoms with E-state index in [2.05, 4.69) is 17.4 Å². The lowest BCUT2D eigenvalue weighted by atomic mass is 9.84. The van der Waals surface area contributed by atoms with Crippen LogP contribution in [0.4, 0.5) is 0 Å². The first-order valence-electron chi connectivity index (χ1n) is 9.93. The molecule has 2 fully saturated rings. The number of carbonyl (C=O) groups excluding carboxylic acids is 1. The highest BCUT2D eigenvalue weighted by atomic mass is 35.5. The fourth-order valence-corrected chi connectivity index (χ4v) is 5.38. The molecule has 2 aliphatic rings. The maximum Gasteiger partial charge on any atom is 0.362 e. The van der Waals surface area contributed by atoms with Crippen molar-refractivity contribution in [1.29, 1.82) is 0 Å². The summed E-state index contributed by atoms with van der Waals surface area (Å²) in [6.45, 7) is 5.57. The van der Waals surface area contributed by atoms with Gasteiger partial charge in [0.2, 0.25) is 0 Å². The van der Waals surface area contributed by atoms with Crippen LogP contribution < -0.4 is 10.9 Å². The van der Waals surface area contributed by atoms with Crippen LogP contribution in [-0.2, 0) is 0 Å². The van der Waals surface area contributed by atoms with E-state index < -0.39 is 5.63 Å². The Bertz CT molecular complexity index is 984. The Kier molecular flexibility index (Phi) is 5.04. The van der Waals surface area contributed by atoms with Crippen LogP contribution in [0.15, 0.2) is 27.5 Å². The number of nitrogens with zero attached hydrogens (tertiary/aromatic N) is 1. The predicted molar refractivity (Wildman–Crippen MR) is 109 cm³/mol. The number of aryl methyl sites for hydroxylation is 1. The SMILES string of the molecule is Cc1noc(=O)c(C)c1-c1ccc(Cl)c(C(=O)N[C@H](C)[C@H]2C[C@@H]3CC[C@@H]2C3)c1. The molecule has 1 heterocycles. The molecule has 0 aliphatic heterocycles. The average molecular weight is 401 g/mol. The van der Waals surface area contributed by atoms with Crippen molar-refractivity contribution in [1.82, 2.24) is 10.5 Å². The summed E-state index contributed by atoms with van der Waals surface area (Å²) in [7, 11) is 0. The van der Waals surface area contributed by atoms with Crippen molar-refractivity contribution in [2.75, 3.05) is 0 Å². The van der Waals surface area contributed by atoms with Gasteiger partial charge in [-0.1, -0.05) is 29.2 Å². The van der Waals surface area contributed by atoms with Crippen LogP contribution in [-0.4, -0.2) is 17.1 Å². The van der Waals surface area contributed by atoms with Crippen LogP contribution in [0, 0.1) is 31.6 Å². The van der Waals surface area contributed by atoms with E-state index in [-0.39, 0.29) is 11.9 Å². The van der Waals surface area contributed by atoms with Gasteiger partial charge in [-0.05, 0) is 75.5 Å². The summed E-state index contributed by atoms with van der Waals surface area (Å²) in [6, 6.07) is 5.36. The van der Waals surface area contributed by atoms with Gasteiger partial charge in [-0.2, -0.15) is 0 Å². The second-order valence-corrected chi connectivity index (χ2v) is 8.76. The van der Waals surface area contributed by atoms with E-state index in [9.17, 15) is 9.59 Å². The van der Waals surface area contributed by atoms with Gasteiger partial charge in [-0.15, -0.1) is 0 Å². The minimum atomic E-state index is -0.480. The smallest absolute Gasteiger partial charge is 0.349 e. The van der Waals surface area contributed by atoms with E-state index in [1.807, 2.05) is 0 Å². The molecule has 4 rings (SSSR count). The molecule has 0 radical (unpaired) electrons. The highest BCUT2D eigenvalue weighted by molar-refractivity contribution is 6.34. The molecular weight excluding hydrogens is 376 g/mol. The van der Waals surface area contributed by atoms with Crippen LogP contribution in [0.1, 0.15) is 54.2 Å². The van der Waals surface area contributed by atoms with Crippen LogP contribution in [0.2, 0.25) is 5.02 Å². The Morgan fingerprint density at radius 3 is 2.75 bits per heavy atom. The average Bonchev–Trinajstić information content (AvgIpc) is 3.29. The molecule has 1 aromatic carbocycles. The molecule has 5 nitrogen and oxygen atoms in total. The predicted octanol–water partition coefficient (Wildman–Crippen LogP) is 4.53. The van der Waals surface area contributed by atoms with Gasteiger partial charge in [0.05, 0.1) is 16.3 Å². The number of aromatic nitrogens is 1. The molecule has 1 N–H and O–H groups in total. The first-order valence-corrected chi connectivity index (χ1v) is 10.3. The quantitative estimate of drug-likeness (QED) is 0.818. The zero-order valence-corrected chi connectivity index (χ0v) is 17.2. The first kappa shape index (κ1) is 19.2. The van der Waals surface area contributed by atoms with E-state index >= 15 is 0 Å². The van der Waals surface area contributed by atoms with Crippen molar-refractivity contribution in [3.63, 3.8) is 0 Å². The molecule has 1 aromatic heterocycles. The summed E-state index contributed by atoms with van der Waals surface area (Å²) in [5, 5.41) is 7.37. The molecule has 1 amide bonds. The van der Waals surface area contributed by atoms with Crippen molar-refractivity contribution in [2.24, 2.45) is 17.8 Å². The zero-order chi connectivity index (χ0) is 20.0. The minimum absolute atomic E-state index is 0.122. The van der Waals surface area contributed by atoms with Gasteiger partial charge in [0.25, 0.3) is 5.91 Å². The number of benzene rings is 1. The summed E-state index contributed by atoms with van der Waals surface area (Å²) in [5.74, 6) is 1.96. The van der Waals surface area contributed by atoms with E-state index in [1.165, 1.54) is 25.7 Å². The largest absolute Gasteiger partial charge is 0.362 e. The highest BCUT2D eigenvalue weighted by Crippen LogP contribution is 2.49. The lowest BCUT2D eigenvalue weighted by Gasteiger charge is -2.28. The molecule has 2 saturated carbocycles. The van der Waals surface area contributed by atoms with Gasteiger partial charge < -0.3 is 9.84 Å². The Hall–Kier alpha value is -2.14. The Morgan fingerprint density at radius 2 is 2.07 bits per heavy atom. The summed E-state index contributed by atoms with van der Waals surface area (Å²) in [5.41, 5.74) is 2.42. The third-order valence-electron chi connectivity index (χ3n) is 6.60. The van der Waals surface area contributed by atoms with Crippen LogP contribution in [0.3, 0.4) is 0 Å². The van der Waals surface area contributed by atoms with Crippen LogP contribution >= 0.6 is 11.6 Å². The summed E-state index contributed by atoms with van der Waals surface area (Å²) >= 11 is 6.34. The van der Waals surface area contributed by atoms with Gasteiger partial charge in [-0.25, -0.2) is 4.79 Å². The van der Waals surface area contributed by atoms with Gasteiger partial charge in [0, 0.05) is 17.2 Å². The second-order valence-electron chi connectivity index (χ2n) is 8.35. The molecule has 28 heavy (non-hydrogen) atoms. The van der Waals surface area contributed by atoms with E-state index in [0.29, 0.717) is 33.3 Å². The van der Waals surface area contributed by atoms with E-state index in [1.54, 1.807) is 32.0 Å². The molecule has 0 spiro atoms. The first-order chi connectivity index (χ1) is 13.3. The summed E-state index contributed by atoms with van der Waals surface area (Å²) < 4.78 is 4.78.